The van der Waals surface area contributed by atoms with Crippen LogP contribution >= 0.6 is 0 Å². The lowest BCUT2D eigenvalue weighted by atomic mass is 9.79. The number of phenols is 1. The van der Waals surface area contributed by atoms with Gasteiger partial charge in [0.15, 0.2) is 0 Å². The molecule has 0 aliphatic heterocycles. The van der Waals surface area contributed by atoms with E-state index in [2.05, 4.69) is 54.5 Å². The zero-order valence-corrected chi connectivity index (χ0v) is 27.1. The fourth-order valence-corrected chi connectivity index (χ4v) is 6.42. The second kappa shape index (κ2) is 20.9. The summed E-state index contributed by atoms with van der Waals surface area (Å²) in [6.07, 6.45) is 29.4. The highest BCUT2D eigenvalue weighted by Gasteiger charge is 2.22. The molecule has 0 radical (unpaired) electrons. The fourth-order valence-electron chi connectivity index (χ4n) is 6.42. The number of unbranched alkanes of at least 4 members (excludes halogenated alkanes) is 12. The van der Waals surface area contributed by atoms with Crippen molar-refractivity contribution in [2.24, 2.45) is 5.92 Å². The summed E-state index contributed by atoms with van der Waals surface area (Å²) in [6, 6.07) is 4.37. The molecule has 0 fully saturated rings. The number of rotatable bonds is 23. The number of benzene rings is 1. The minimum absolute atomic E-state index is 0.0259. The lowest BCUT2D eigenvalue weighted by molar-refractivity contribution is 0.360. The van der Waals surface area contributed by atoms with Gasteiger partial charge in [-0.2, -0.15) is 0 Å². The van der Waals surface area contributed by atoms with Crippen LogP contribution in [0, 0.1) is 12.8 Å². The van der Waals surface area contributed by atoms with E-state index in [1.807, 2.05) is 6.07 Å². The molecule has 222 valence electrons. The summed E-state index contributed by atoms with van der Waals surface area (Å²) in [6.45, 7) is 15.8. The minimum Gasteiger partial charge on any atom is -0.508 e. The van der Waals surface area contributed by atoms with Gasteiger partial charge in [0.1, 0.15) is 5.75 Å². The van der Waals surface area contributed by atoms with Crippen molar-refractivity contribution in [1.29, 1.82) is 0 Å². The highest BCUT2D eigenvalue weighted by Crippen LogP contribution is 2.38. The molecule has 38 heavy (non-hydrogen) atoms. The molecule has 0 spiro atoms. The van der Waals surface area contributed by atoms with Crippen LogP contribution in [0.15, 0.2) is 12.1 Å². The zero-order chi connectivity index (χ0) is 28.2. The molecule has 0 bridgehead atoms. The van der Waals surface area contributed by atoms with Gasteiger partial charge in [-0.3, -0.25) is 0 Å². The highest BCUT2D eigenvalue weighted by molar-refractivity contribution is 5.46. The van der Waals surface area contributed by atoms with Gasteiger partial charge in [0.05, 0.1) is 0 Å². The second-order valence-corrected chi connectivity index (χ2v) is 13.6. The predicted octanol–water partition coefficient (Wildman–Crippen LogP) is 12.9. The van der Waals surface area contributed by atoms with Gasteiger partial charge in [0.2, 0.25) is 0 Å². The Labute approximate surface area is 240 Å². The van der Waals surface area contributed by atoms with Gasteiger partial charge in [-0.1, -0.05) is 170 Å². The van der Waals surface area contributed by atoms with Crippen molar-refractivity contribution in [3.8, 4) is 5.75 Å². The number of aromatic hydroxyl groups is 1. The van der Waals surface area contributed by atoms with Crippen LogP contribution < -0.4 is 0 Å². The third-order valence-corrected chi connectivity index (χ3v) is 8.87. The van der Waals surface area contributed by atoms with E-state index in [4.69, 9.17) is 0 Å². The molecule has 0 saturated carbocycles. The molecule has 0 heterocycles. The first-order valence-corrected chi connectivity index (χ1v) is 17.1. The molecule has 0 aromatic heterocycles. The fraction of sp³-hybridized carbons (Fsp3) is 0.838. The number of hydrogen-bond donors (Lipinski definition) is 1. The summed E-state index contributed by atoms with van der Waals surface area (Å²) >= 11 is 0. The number of hydrogen-bond acceptors (Lipinski definition) is 1. The van der Waals surface area contributed by atoms with Crippen LogP contribution in [0.4, 0.5) is 0 Å². The highest BCUT2D eigenvalue weighted by atomic mass is 16.3. The van der Waals surface area contributed by atoms with E-state index in [0.717, 1.165) is 11.5 Å². The standard InChI is InChI=1S/C37H68O/c1-8-11-13-15-16-17-18-19-20-22-26-32(25-21-14-12-9-2)27-23-28-33(24-10-3)34-30-35(37(5,6)7)36(38)29-31(34)4/h29-30,32-33,38H,8-28H2,1-7H3. The molecule has 1 nitrogen and oxygen atoms in total. The van der Waals surface area contributed by atoms with Crippen LogP contribution in [-0.2, 0) is 5.41 Å². The van der Waals surface area contributed by atoms with Gasteiger partial charge in [0, 0.05) is 0 Å². The predicted molar refractivity (Wildman–Crippen MR) is 172 cm³/mol. The maximum Gasteiger partial charge on any atom is 0.119 e. The van der Waals surface area contributed by atoms with Crippen molar-refractivity contribution in [1.82, 2.24) is 0 Å². The van der Waals surface area contributed by atoms with Crippen molar-refractivity contribution in [2.45, 2.75) is 195 Å². The molecule has 0 saturated heterocycles. The second-order valence-electron chi connectivity index (χ2n) is 13.6. The average Bonchev–Trinajstić information content (AvgIpc) is 2.86. The maximum absolute atomic E-state index is 10.6. The van der Waals surface area contributed by atoms with Crippen LogP contribution in [0.3, 0.4) is 0 Å². The molecule has 1 N–H and O–H groups in total. The third kappa shape index (κ3) is 15.0. The Morgan fingerprint density at radius 2 is 1.05 bits per heavy atom. The van der Waals surface area contributed by atoms with Gasteiger partial charge in [-0.25, -0.2) is 0 Å². The van der Waals surface area contributed by atoms with E-state index in [0.29, 0.717) is 11.7 Å². The minimum atomic E-state index is -0.0259. The summed E-state index contributed by atoms with van der Waals surface area (Å²) in [5.41, 5.74) is 3.84. The Hall–Kier alpha value is -0.980. The summed E-state index contributed by atoms with van der Waals surface area (Å²) in [4.78, 5) is 0. The zero-order valence-electron chi connectivity index (χ0n) is 27.1. The maximum atomic E-state index is 10.6. The van der Waals surface area contributed by atoms with Crippen molar-refractivity contribution in [2.75, 3.05) is 0 Å². The first kappa shape index (κ1) is 35.0. The quantitative estimate of drug-likeness (QED) is 0.140. The molecule has 0 aliphatic rings. The SMILES string of the molecule is CCCCCCCCCCCCC(CCCCCC)CCCC(CCC)c1cc(C(C)(C)C)c(O)cc1C. The van der Waals surface area contributed by atoms with Gasteiger partial charge in [0.25, 0.3) is 0 Å². The molecule has 1 aromatic rings. The van der Waals surface area contributed by atoms with E-state index >= 15 is 0 Å². The first-order chi connectivity index (χ1) is 18.2. The molecular formula is C37H68O. The molecule has 0 aliphatic carbocycles. The Balaban J connectivity index is 2.60. The van der Waals surface area contributed by atoms with Crippen LogP contribution in [0.2, 0.25) is 0 Å². The number of phenolic OH excluding ortho intramolecular Hbond substituents is 1. The summed E-state index contributed by atoms with van der Waals surface area (Å²) in [5, 5.41) is 10.6. The van der Waals surface area contributed by atoms with Crippen LogP contribution in [-0.4, -0.2) is 5.11 Å². The lowest BCUT2D eigenvalue weighted by Gasteiger charge is -2.26. The average molecular weight is 529 g/mol. The Kier molecular flexibility index (Phi) is 19.2. The summed E-state index contributed by atoms with van der Waals surface area (Å²) in [5.74, 6) is 2.02. The largest absolute Gasteiger partial charge is 0.508 e. The molecule has 0 amide bonds. The molecule has 2 atom stereocenters. The molecular weight excluding hydrogens is 460 g/mol. The van der Waals surface area contributed by atoms with Crippen molar-refractivity contribution >= 4 is 0 Å². The topological polar surface area (TPSA) is 20.2 Å². The van der Waals surface area contributed by atoms with Crippen molar-refractivity contribution < 1.29 is 5.11 Å². The van der Waals surface area contributed by atoms with Crippen LogP contribution in [0.1, 0.15) is 199 Å². The van der Waals surface area contributed by atoms with E-state index in [1.54, 1.807) is 0 Å². The molecule has 2 unspecified atom stereocenters. The van der Waals surface area contributed by atoms with Gasteiger partial charge in [-0.15, -0.1) is 0 Å². The summed E-state index contributed by atoms with van der Waals surface area (Å²) < 4.78 is 0. The van der Waals surface area contributed by atoms with E-state index in [1.165, 1.54) is 146 Å². The van der Waals surface area contributed by atoms with Crippen LogP contribution in [0.25, 0.3) is 0 Å². The lowest BCUT2D eigenvalue weighted by Crippen LogP contribution is -2.13. The van der Waals surface area contributed by atoms with Crippen molar-refractivity contribution in [3.63, 3.8) is 0 Å². The van der Waals surface area contributed by atoms with E-state index in [9.17, 15) is 5.11 Å². The third-order valence-electron chi connectivity index (χ3n) is 8.87. The Bertz CT molecular complexity index is 697. The van der Waals surface area contributed by atoms with E-state index < -0.39 is 0 Å². The Morgan fingerprint density at radius 3 is 1.55 bits per heavy atom. The normalized spacial score (nSPS) is 13.7. The molecule has 1 rings (SSSR count). The summed E-state index contributed by atoms with van der Waals surface area (Å²) in [7, 11) is 0. The van der Waals surface area contributed by atoms with Crippen molar-refractivity contribution in [3.05, 3.63) is 28.8 Å². The van der Waals surface area contributed by atoms with E-state index in [-0.39, 0.29) is 5.41 Å². The smallest absolute Gasteiger partial charge is 0.119 e. The Morgan fingerprint density at radius 1 is 0.579 bits per heavy atom. The van der Waals surface area contributed by atoms with Crippen LogP contribution in [0.5, 0.6) is 5.75 Å². The van der Waals surface area contributed by atoms with Gasteiger partial charge < -0.3 is 5.11 Å². The van der Waals surface area contributed by atoms with Gasteiger partial charge in [-0.05, 0) is 59.8 Å². The first-order valence-electron chi connectivity index (χ1n) is 17.1. The molecule has 1 aromatic carbocycles. The number of aryl methyl sites for hydroxylation is 1. The monoisotopic (exact) mass is 529 g/mol. The molecule has 1 heteroatoms. The van der Waals surface area contributed by atoms with Gasteiger partial charge >= 0.3 is 0 Å².